The average Bonchev–Trinajstić information content (AvgIpc) is 2.79. The molecule has 6 heteroatoms. The molecule has 114 valence electrons. The quantitative estimate of drug-likeness (QED) is 0.942. The zero-order valence-electron chi connectivity index (χ0n) is 13.2. The van der Waals surface area contributed by atoms with E-state index in [4.69, 9.17) is 5.73 Å². The number of carbonyl (C=O) groups is 1. The van der Waals surface area contributed by atoms with Gasteiger partial charge in [0.25, 0.3) is 5.91 Å². The van der Waals surface area contributed by atoms with Crippen molar-refractivity contribution in [2.75, 3.05) is 12.8 Å². The Hall–Kier alpha value is -1.69. The highest BCUT2D eigenvalue weighted by Gasteiger charge is 2.24. The summed E-state index contributed by atoms with van der Waals surface area (Å²) >= 11 is 1.33. The molecule has 2 heterocycles. The molecule has 2 N–H and O–H groups in total. The average molecular weight is 306 g/mol. The zero-order valence-corrected chi connectivity index (χ0v) is 14.0. The molecule has 0 bridgehead atoms. The van der Waals surface area contributed by atoms with Crippen LogP contribution in [0.4, 0.5) is 5.69 Å². The van der Waals surface area contributed by atoms with Gasteiger partial charge in [-0.1, -0.05) is 13.3 Å². The van der Waals surface area contributed by atoms with E-state index in [-0.39, 0.29) is 11.9 Å². The van der Waals surface area contributed by atoms with E-state index in [0.29, 0.717) is 10.6 Å². The Morgan fingerprint density at radius 1 is 1.38 bits per heavy atom. The molecule has 1 unspecified atom stereocenters. The maximum Gasteiger partial charge on any atom is 0.266 e. The van der Waals surface area contributed by atoms with E-state index in [0.717, 1.165) is 34.3 Å². The lowest BCUT2D eigenvalue weighted by Crippen LogP contribution is -2.34. The predicted octanol–water partition coefficient (Wildman–Crippen LogP) is 3.15. The Kier molecular flexibility index (Phi) is 4.46. The van der Waals surface area contributed by atoms with Crippen LogP contribution in [-0.2, 0) is 0 Å². The number of anilines is 1. The Morgan fingerprint density at radius 2 is 2.05 bits per heavy atom. The van der Waals surface area contributed by atoms with Crippen molar-refractivity contribution in [1.29, 1.82) is 0 Å². The van der Waals surface area contributed by atoms with Crippen LogP contribution in [0.5, 0.6) is 0 Å². The molecule has 0 aliphatic heterocycles. The van der Waals surface area contributed by atoms with E-state index >= 15 is 0 Å². The Morgan fingerprint density at radius 3 is 2.67 bits per heavy atom. The second-order valence-electron chi connectivity index (χ2n) is 5.49. The maximum atomic E-state index is 12.7. The molecule has 0 aliphatic rings. The molecule has 5 nitrogen and oxygen atoms in total. The molecule has 2 aromatic rings. The van der Waals surface area contributed by atoms with Gasteiger partial charge >= 0.3 is 0 Å². The van der Waals surface area contributed by atoms with Gasteiger partial charge in [0, 0.05) is 18.5 Å². The molecule has 0 aliphatic carbocycles. The molecule has 0 fully saturated rings. The largest absolute Gasteiger partial charge is 0.397 e. The molecule has 0 saturated carbocycles. The first-order valence-electron chi connectivity index (χ1n) is 7.17. The van der Waals surface area contributed by atoms with Crippen molar-refractivity contribution in [2.24, 2.45) is 0 Å². The summed E-state index contributed by atoms with van der Waals surface area (Å²) in [7, 11) is 1.83. The summed E-state index contributed by atoms with van der Waals surface area (Å²) in [5.41, 5.74) is 8.59. The van der Waals surface area contributed by atoms with Crippen molar-refractivity contribution < 1.29 is 4.79 Å². The molecular formula is C15H22N4OS. The van der Waals surface area contributed by atoms with E-state index in [2.05, 4.69) is 24.0 Å². The third-order valence-electron chi connectivity index (χ3n) is 4.02. The minimum absolute atomic E-state index is 0.0338. The third kappa shape index (κ3) is 2.72. The predicted molar refractivity (Wildman–Crippen MR) is 87.8 cm³/mol. The van der Waals surface area contributed by atoms with Crippen molar-refractivity contribution >= 4 is 33.1 Å². The summed E-state index contributed by atoms with van der Waals surface area (Å²) in [6.45, 7) is 8.04. The lowest BCUT2D eigenvalue weighted by atomic mass is 10.1. The molecule has 0 radical (unpaired) electrons. The van der Waals surface area contributed by atoms with Gasteiger partial charge in [-0.05, 0) is 32.8 Å². The lowest BCUT2D eigenvalue weighted by molar-refractivity contribution is 0.0742. The highest BCUT2D eigenvalue weighted by molar-refractivity contribution is 7.21. The number of hydrogen-bond donors (Lipinski definition) is 1. The molecule has 0 aromatic carbocycles. The fourth-order valence-corrected chi connectivity index (χ4v) is 3.45. The van der Waals surface area contributed by atoms with Crippen LogP contribution in [0, 0.1) is 13.8 Å². The number of nitrogens with two attached hydrogens (primary N) is 1. The molecular weight excluding hydrogens is 284 g/mol. The van der Waals surface area contributed by atoms with Crippen molar-refractivity contribution in [3.8, 4) is 0 Å². The van der Waals surface area contributed by atoms with Gasteiger partial charge < -0.3 is 10.6 Å². The minimum Gasteiger partial charge on any atom is -0.397 e. The standard InChI is InChI=1S/C15H22N4OS/c1-6-7-8(2)19(5)15(20)13-12(16)11-9(3)10(4)17-18-14(11)21-13/h8H,6-7,16H2,1-5H3. The summed E-state index contributed by atoms with van der Waals surface area (Å²) < 4.78 is 0. The number of amides is 1. The summed E-state index contributed by atoms with van der Waals surface area (Å²) in [5.74, 6) is -0.0338. The van der Waals surface area contributed by atoms with Crippen molar-refractivity contribution in [2.45, 2.75) is 46.6 Å². The molecule has 2 aromatic heterocycles. The van der Waals surface area contributed by atoms with Crippen LogP contribution in [0.3, 0.4) is 0 Å². The first kappa shape index (κ1) is 15.7. The van der Waals surface area contributed by atoms with Gasteiger partial charge in [0.05, 0.1) is 11.4 Å². The molecule has 21 heavy (non-hydrogen) atoms. The van der Waals surface area contributed by atoms with Gasteiger partial charge in [0.2, 0.25) is 0 Å². The maximum absolute atomic E-state index is 12.7. The zero-order chi connectivity index (χ0) is 15.7. The van der Waals surface area contributed by atoms with Crippen LogP contribution in [0.1, 0.15) is 47.6 Å². The monoisotopic (exact) mass is 306 g/mol. The number of thiophene rings is 1. The molecule has 0 saturated heterocycles. The van der Waals surface area contributed by atoms with Crippen LogP contribution < -0.4 is 5.73 Å². The fraction of sp³-hybridized carbons (Fsp3) is 0.533. The minimum atomic E-state index is -0.0338. The second kappa shape index (κ2) is 5.97. The van der Waals surface area contributed by atoms with E-state index < -0.39 is 0 Å². The SMILES string of the molecule is CCCC(C)N(C)C(=O)c1sc2nnc(C)c(C)c2c1N. The Bertz CT molecular complexity index is 680. The van der Waals surface area contributed by atoms with E-state index in [1.807, 2.05) is 20.9 Å². The van der Waals surface area contributed by atoms with Gasteiger partial charge in [0.15, 0.2) is 0 Å². The number of hydrogen-bond acceptors (Lipinski definition) is 5. The van der Waals surface area contributed by atoms with Crippen LogP contribution in [0.25, 0.3) is 10.2 Å². The van der Waals surface area contributed by atoms with Gasteiger partial charge in [-0.3, -0.25) is 4.79 Å². The fourth-order valence-electron chi connectivity index (χ4n) is 2.37. The van der Waals surface area contributed by atoms with E-state index in [1.165, 1.54) is 11.3 Å². The first-order chi connectivity index (χ1) is 9.88. The van der Waals surface area contributed by atoms with Gasteiger partial charge in [-0.15, -0.1) is 16.4 Å². The number of rotatable bonds is 4. The van der Waals surface area contributed by atoms with Crippen molar-refractivity contribution in [1.82, 2.24) is 15.1 Å². The van der Waals surface area contributed by atoms with Crippen molar-refractivity contribution in [3.63, 3.8) is 0 Å². The molecule has 1 amide bonds. The van der Waals surface area contributed by atoms with Crippen LogP contribution in [-0.4, -0.2) is 34.1 Å². The van der Waals surface area contributed by atoms with Crippen LogP contribution >= 0.6 is 11.3 Å². The number of aryl methyl sites for hydroxylation is 2. The van der Waals surface area contributed by atoms with Gasteiger partial charge in [0.1, 0.15) is 9.71 Å². The first-order valence-corrected chi connectivity index (χ1v) is 7.99. The van der Waals surface area contributed by atoms with Gasteiger partial charge in [-0.2, -0.15) is 5.10 Å². The van der Waals surface area contributed by atoms with Crippen LogP contribution in [0.2, 0.25) is 0 Å². The number of fused-ring (bicyclic) bond motifs is 1. The molecule has 0 spiro atoms. The van der Waals surface area contributed by atoms with Crippen LogP contribution in [0.15, 0.2) is 0 Å². The van der Waals surface area contributed by atoms with Crippen molar-refractivity contribution in [3.05, 3.63) is 16.1 Å². The van der Waals surface area contributed by atoms with E-state index in [9.17, 15) is 4.79 Å². The smallest absolute Gasteiger partial charge is 0.266 e. The highest BCUT2D eigenvalue weighted by atomic mass is 32.1. The molecule has 2 rings (SSSR count). The summed E-state index contributed by atoms with van der Waals surface area (Å²) in [5, 5.41) is 9.14. The third-order valence-corrected chi connectivity index (χ3v) is 5.10. The summed E-state index contributed by atoms with van der Waals surface area (Å²) in [6, 6.07) is 0.195. The second-order valence-corrected chi connectivity index (χ2v) is 6.49. The Labute approximate surface area is 129 Å². The summed E-state index contributed by atoms with van der Waals surface area (Å²) in [4.78, 5) is 15.7. The Balaban J connectivity index is 2.45. The lowest BCUT2D eigenvalue weighted by Gasteiger charge is -2.24. The number of carbonyl (C=O) groups excluding carboxylic acids is 1. The van der Waals surface area contributed by atoms with Gasteiger partial charge in [-0.25, -0.2) is 0 Å². The van der Waals surface area contributed by atoms with E-state index in [1.54, 1.807) is 4.90 Å². The topological polar surface area (TPSA) is 72.1 Å². The normalized spacial score (nSPS) is 12.6. The number of nitrogen functional groups attached to an aromatic ring is 1. The summed E-state index contributed by atoms with van der Waals surface area (Å²) in [6.07, 6.45) is 2.02. The number of aromatic nitrogens is 2. The number of nitrogens with zero attached hydrogens (tertiary/aromatic N) is 3. The molecule has 1 atom stereocenters. The highest BCUT2D eigenvalue weighted by Crippen LogP contribution is 2.35.